The van der Waals surface area contributed by atoms with Crippen LogP contribution in [0.1, 0.15) is 12.0 Å². The minimum absolute atomic E-state index is 0.0754. The molecular formula is C19H18F6N4O2. The number of pyridine rings is 1. The van der Waals surface area contributed by atoms with Gasteiger partial charge in [-0.25, -0.2) is 0 Å². The van der Waals surface area contributed by atoms with Gasteiger partial charge in [-0.3, -0.25) is 19.5 Å². The SMILES string of the molecule is O=C(NCC1(NC(=O)C(F)(F)F)CCN(Cc2cnc3ccccc3c2)C1)C(F)(F)F. The van der Waals surface area contributed by atoms with E-state index in [0.29, 0.717) is 0 Å². The van der Waals surface area contributed by atoms with Crippen LogP contribution in [0, 0.1) is 0 Å². The second kappa shape index (κ2) is 8.33. The molecule has 3 rings (SSSR count). The predicted octanol–water partition coefficient (Wildman–Crippen LogP) is 2.54. The van der Waals surface area contributed by atoms with Crippen LogP contribution < -0.4 is 10.6 Å². The second-order valence-corrected chi connectivity index (χ2v) is 7.41. The third-order valence-corrected chi connectivity index (χ3v) is 4.97. The van der Waals surface area contributed by atoms with Crippen LogP contribution in [0.3, 0.4) is 0 Å². The Hall–Kier alpha value is -2.89. The van der Waals surface area contributed by atoms with Gasteiger partial charge in [0.1, 0.15) is 0 Å². The number of hydrogen-bond acceptors (Lipinski definition) is 4. The maximum Gasteiger partial charge on any atom is 0.471 e. The Morgan fingerprint density at radius 2 is 1.74 bits per heavy atom. The molecule has 1 saturated heterocycles. The van der Waals surface area contributed by atoms with Gasteiger partial charge in [0.25, 0.3) is 0 Å². The zero-order valence-corrected chi connectivity index (χ0v) is 16.0. The Morgan fingerprint density at radius 1 is 1.06 bits per heavy atom. The highest BCUT2D eigenvalue weighted by atomic mass is 19.4. The van der Waals surface area contributed by atoms with Crippen molar-refractivity contribution in [3.05, 3.63) is 42.1 Å². The lowest BCUT2D eigenvalue weighted by molar-refractivity contribution is -0.177. The summed E-state index contributed by atoms with van der Waals surface area (Å²) < 4.78 is 75.7. The fourth-order valence-corrected chi connectivity index (χ4v) is 3.51. The van der Waals surface area contributed by atoms with Gasteiger partial charge in [0, 0.05) is 37.8 Å². The first-order valence-corrected chi connectivity index (χ1v) is 9.18. The van der Waals surface area contributed by atoms with Crippen molar-refractivity contribution >= 4 is 22.7 Å². The molecule has 31 heavy (non-hydrogen) atoms. The Bertz CT molecular complexity index is 978. The Morgan fingerprint density at radius 3 is 2.42 bits per heavy atom. The average molecular weight is 448 g/mol. The maximum atomic E-state index is 12.8. The standard InChI is InChI=1S/C19H18F6N4O2/c20-18(21,22)15(30)27-10-17(28-16(31)19(23,24)25)5-6-29(11-17)9-12-7-13-3-1-2-4-14(13)26-8-12/h1-4,7-8H,5-6,9-11H2,(H,27,30)(H,28,31). The molecule has 2 heterocycles. The molecule has 0 radical (unpaired) electrons. The van der Waals surface area contributed by atoms with Crippen molar-refractivity contribution in [2.75, 3.05) is 19.6 Å². The molecule has 1 fully saturated rings. The van der Waals surface area contributed by atoms with Crippen LogP contribution >= 0.6 is 0 Å². The summed E-state index contributed by atoms with van der Waals surface area (Å²) >= 11 is 0. The van der Waals surface area contributed by atoms with E-state index in [-0.39, 0.29) is 26.1 Å². The molecule has 0 bridgehead atoms. The number of halogens is 6. The molecule has 6 nitrogen and oxygen atoms in total. The summed E-state index contributed by atoms with van der Waals surface area (Å²) in [6.45, 7) is -0.513. The third-order valence-electron chi connectivity index (χ3n) is 4.97. The van der Waals surface area contributed by atoms with Crippen molar-refractivity contribution in [1.82, 2.24) is 20.5 Å². The molecule has 12 heteroatoms. The number of nitrogens with one attached hydrogen (secondary N) is 2. The van der Waals surface area contributed by atoms with Gasteiger partial charge in [0.15, 0.2) is 0 Å². The number of aromatic nitrogens is 1. The Kier molecular flexibility index (Phi) is 6.12. The molecule has 0 aliphatic carbocycles. The first-order chi connectivity index (χ1) is 14.4. The van der Waals surface area contributed by atoms with Gasteiger partial charge >= 0.3 is 24.2 Å². The lowest BCUT2D eigenvalue weighted by Gasteiger charge is -2.31. The van der Waals surface area contributed by atoms with Crippen LogP contribution in [-0.4, -0.2) is 59.2 Å². The molecule has 1 aliphatic rings. The molecule has 1 atom stereocenters. The topological polar surface area (TPSA) is 74.3 Å². The Balaban J connectivity index is 1.74. The monoisotopic (exact) mass is 448 g/mol. The smallest absolute Gasteiger partial charge is 0.346 e. The van der Waals surface area contributed by atoms with Gasteiger partial charge in [0.05, 0.1) is 11.1 Å². The molecule has 168 valence electrons. The zero-order chi connectivity index (χ0) is 22.9. The van der Waals surface area contributed by atoms with Gasteiger partial charge in [-0.1, -0.05) is 18.2 Å². The van der Waals surface area contributed by atoms with Crippen LogP contribution in [-0.2, 0) is 16.1 Å². The summed E-state index contributed by atoms with van der Waals surface area (Å²) in [4.78, 5) is 28.6. The minimum atomic E-state index is -5.21. The van der Waals surface area contributed by atoms with E-state index in [9.17, 15) is 35.9 Å². The number of benzene rings is 1. The zero-order valence-electron chi connectivity index (χ0n) is 16.0. The van der Waals surface area contributed by atoms with E-state index < -0.39 is 36.3 Å². The summed E-state index contributed by atoms with van der Waals surface area (Å²) in [6.07, 6.45) is -8.88. The number of carbonyl (C=O) groups is 2. The molecular weight excluding hydrogens is 430 g/mol. The largest absolute Gasteiger partial charge is 0.471 e. The first kappa shape index (κ1) is 22.8. The van der Waals surface area contributed by atoms with Gasteiger partial charge in [0.2, 0.25) is 0 Å². The number of hydrogen-bond donors (Lipinski definition) is 2. The number of para-hydroxylation sites is 1. The Labute approximate surface area is 172 Å². The van der Waals surface area contributed by atoms with E-state index in [0.717, 1.165) is 16.5 Å². The highest BCUT2D eigenvalue weighted by Gasteiger charge is 2.48. The van der Waals surface area contributed by atoms with E-state index >= 15 is 0 Å². The van der Waals surface area contributed by atoms with Crippen molar-refractivity contribution in [1.29, 1.82) is 0 Å². The molecule has 1 aromatic carbocycles. The third kappa shape index (κ3) is 5.63. The lowest BCUT2D eigenvalue weighted by atomic mass is 9.98. The van der Waals surface area contributed by atoms with Crippen molar-refractivity contribution in [3.8, 4) is 0 Å². The van der Waals surface area contributed by atoms with E-state index in [1.54, 1.807) is 21.7 Å². The van der Waals surface area contributed by atoms with Crippen LogP contribution in [0.5, 0.6) is 0 Å². The van der Waals surface area contributed by atoms with Gasteiger partial charge in [-0.2, -0.15) is 26.3 Å². The fraction of sp³-hybridized carbons (Fsp3) is 0.421. The van der Waals surface area contributed by atoms with E-state index in [1.807, 2.05) is 30.3 Å². The van der Waals surface area contributed by atoms with Crippen LogP contribution in [0.15, 0.2) is 36.5 Å². The van der Waals surface area contributed by atoms with Crippen LogP contribution in [0.4, 0.5) is 26.3 Å². The quantitative estimate of drug-likeness (QED) is 0.690. The highest BCUT2D eigenvalue weighted by Crippen LogP contribution is 2.26. The van der Waals surface area contributed by atoms with Crippen molar-refractivity contribution in [2.24, 2.45) is 0 Å². The number of nitrogens with zero attached hydrogens (tertiary/aromatic N) is 2. The molecule has 1 aromatic heterocycles. The van der Waals surface area contributed by atoms with Crippen molar-refractivity contribution in [2.45, 2.75) is 30.9 Å². The molecule has 1 aliphatic heterocycles. The minimum Gasteiger partial charge on any atom is -0.346 e. The van der Waals surface area contributed by atoms with Gasteiger partial charge in [-0.15, -0.1) is 0 Å². The van der Waals surface area contributed by atoms with E-state index in [2.05, 4.69) is 4.98 Å². The highest BCUT2D eigenvalue weighted by molar-refractivity contribution is 5.83. The number of carbonyl (C=O) groups excluding carboxylic acids is 2. The summed E-state index contributed by atoms with van der Waals surface area (Å²) in [5, 5.41) is 4.22. The summed E-state index contributed by atoms with van der Waals surface area (Å²) in [5.41, 5.74) is -0.192. The fourth-order valence-electron chi connectivity index (χ4n) is 3.51. The van der Waals surface area contributed by atoms with Crippen molar-refractivity contribution in [3.63, 3.8) is 0 Å². The first-order valence-electron chi connectivity index (χ1n) is 9.18. The molecule has 2 amide bonds. The summed E-state index contributed by atoms with van der Waals surface area (Å²) in [6, 6.07) is 9.15. The van der Waals surface area contributed by atoms with Gasteiger partial charge in [-0.05, 0) is 24.1 Å². The molecule has 0 spiro atoms. The number of alkyl halides is 6. The number of likely N-dealkylation sites (tertiary alicyclic amines) is 1. The molecule has 0 saturated carbocycles. The van der Waals surface area contributed by atoms with Crippen LogP contribution in [0.25, 0.3) is 10.9 Å². The number of amides is 2. The second-order valence-electron chi connectivity index (χ2n) is 7.41. The summed E-state index contributed by atoms with van der Waals surface area (Å²) in [7, 11) is 0. The molecule has 2 aromatic rings. The predicted molar refractivity (Wildman–Crippen MR) is 97.6 cm³/mol. The molecule has 2 N–H and O–H groups in total. The van der Waals surface area contributed by atoms with Crippen molar-refractivity contribution < 1.29 is 35.9 Å². The normalized spacial score (nSPS) is 20.1. The maximum absolute atomic E-state index is 12.8. The van der Waals surface area contributed by atoms with Crippen LogP contribution in [0.2, 0.25) is 0 Å². The number of fused-ring (bicyclic) bond motifs is 1. The van der Waals surface area contributed by atoms with E-state index in [1.165, 1.54) is 0 Å². The number of rotatable bonds is 5. The molecule has 1 unspecified atom stereocenters. The van der Waals surface area contributed by atoms with E-state index in [4.69, 9.17) is 0 Å². The average Bonchev–Trinajstić information content (AvgIpc) is 3.07. The summed E-state index contributed by atoms with van der Waals surface area (Å²) in [5.74, 6) is -4.56. The lowest BCUT2D eigenvalue weighted by Crippen LogP contribution is -2.60. The van der Waals surface area contributed by atoms with Gasteiger partial charge < -0.3 is 10.6 Å².